The molecule has 1 aromatic rings. The van der Waals surface area contributed by atoms with E-state index >= 15 is 0 Å². The summed E-state index contributed by atoms with van der Waals surface area (Å²) in [5, 5.41) is 11.1. The van der Waals surface area contributed by atoms with Gasteiger partial charge in [0.05, 0.1) is 5.75 Å². The first kappa shape index (κ1) is 15.3. The highest BCUT2D eigenvalue weighted by molar-refractivity contribution is 8.01. The summed E-state index contributed by atoms with van der Waals surface area (Å²) < 4.78 is 0.530. The van der Waals surface area contributed by atoms with Gasteiger partial charge in [-0.1, -0.05) is 0 Å². The molecule has 0 unspecified atom stereocenters. The Morgan fingerprint density at radius 2 is 2.05 bits per heavy atom. The van der Waals surface area contributed by atoms with E-state index in [4.69, 9.17) is 5.11 Å². The number of hydrogen-bond donors (Lipinski definition) is 2. The van der Waals surface area contributed by atoms with Gasteiger partial charge in [-0.05, 0) is 26.0 Å². The standard InChI is InChI=1S/C12H16N2O4S/c1-12(2,11(17)18)19-7-9(15)13-10(16)8-5-4-6-14(8)3/h4-6H,7H2,1-3H3,(H,17,18)(H,13,15,16). The van der Waals surface area contributed by atoms with E-state index in [1.165, 1.54) is 13.8 Å². The number of aromatic nitrogens is 1. The topological polar surface area (TPSA) is 88.4 Å². The molecule has 0 bridgehead atoms. The Hall–Kier alpha value is -1.76. The summed E-state index contributed by atoms with van der Waals surface area (Å²) in [6.45, 7) is 3.01. The van der Waals surface area contributed by atoms with Crippen molar-refractivity contribution < 1.29 is 19.5 Å². The number of nitrogens with one attached hydrogen (secondary N) is 1. The maximum atomic E-state index is 11.7. The second-order valence-corrected chi connectivity index (χ2v) is 6.08. The minimum atomic E-state index is -1.06. The molecule has 0 spiro atoms. The van der Waals surface area contributed by atoms with Crippen LogP contribution in [0, 0.1) is 0 Å². The zero-order chi connectivity index (χ0) is 14.6. The molecule has 0 radical (unpaired) electrons. The van der Waals surface area contributed by atoms with Crippen molar-refractivity contribution in [2.45, 2.75) is 18.6 Å². The van der Waals surface area contributed by atoms with Gasteiger partial charge >= 0.3 is 5.97 Å². The predicted octanol–water partition coefficient (Wildman–Crippen LogP) is 0.878. The number of aliphatic carboxylic acids is 1. The first-order valence-electron chi connectivity index (χ1n) is 5.57. The van der Waals surface area contributed by atoms with Gasteiger partial charge in [0.2, 0.25) is 5.91 Å². The Labute approximate surface area is 115 Å². The summed E-state index contributed by atoms with van der Waals surface area (Å²) >= 11 is 0.968. The number of amides is 2. The summed E-state index contributed by atoms with van der Waals surface area (Å²) in [5.74, 6) is -2.09. The van der Waals surface area contributed by atoms with E-state index in [1.54, 1.807) is 29.9 Å². The third-order valence-corrected chi connectivity index (χ3v) is 3.81. The third-order valence-electron chi connectivity index (χ3n) is 2.51. The molecule has 0 aliphatic carbocycles. The van der Waals surface area contributed by atoms with Crippen LogP contribution < -0.4 is 5.32 Å². The van der Waals surface area contributed by atoms with Gasteiger partial charge < -0.3 is 9.67 Å². The number of carboxylic acids is 1. The van der Waals surface area contributed by atoms with E-state index in [0.717, 1.165) is 11.8 Å². The van der Waals surface area contributed by atoms with Crippen LogP contribution in [0.3, 0.4) is 0 Å². The molecule has 0 saturated heterocycles. The molecule has 0 aliphatic heterocycles. The molecule has 2 amide bonds. The van der Waals surface area contributed by atoms with Gasteiger partial charge in [-0.25, -0.2) is 0 Å². The van der Waals surface area contributed by atoms with Crippen LogP contribution >= 0.6 is 11.8 Å². The van der Waals surface area contributed by atoms with E-state index in [-0.39, 0.29) is 5.75 Å². The molecule has 104 valence electrons. The van der Waals surface area contributed by atoms with Crippen LogP contribution in [-0.2, 0) is 16.6 Å². The summed E-state index contributed by atoms with van der Waals surface area (Å²) in [6.07, 6.45) is 1.70. The molecule has 1 aromatic heterocycles. The molecule has 19 heavy (non-hydrogen) atoms. The zero-order valence-electron chi connectivity index (χ0n) is 11.0. The number of thioether (sulfide) groups is 1. The minimum absolute atomic E-state index is 0.0878. The van der Waals surface area contributed by atoms with Crippen molar-refractivity contribution in [3.8, 4) is 0 Å². The van der Waals surface area contributed by atoms with Gasteiger partial charge in [0.1, 0.15) is 10.4 Å². The molecule has 7 heteroatoms. The Balaban J connectivity index is 2.51. The SMILES string of the molecule is Cn1cccc1C(=O)NC(=O)CSC(C)(C)C(=O)O. The van der Waals surface area contributed by atoms with Crippen LogP contribution in [0.2, 0.25) is 0 Å². The maximum Gasteiger partial charge on any atom is 0.319 e. The first-order valence-corrected chi connectivity index (χ1v) is 6.55. The number of nitrogens with zero attached hydrogens (tertiary/aromatic N) is 1. The molecular formula is C12H16N2O4S. The number of carbonyl (C=O) groups is 3. The number of aryl methyl sites for hydroxylation is 1. The smallest absolute Gasteiger partial charge is 0.319 e. The molecule has 6 nitrogen and oxygen atoms in total. The van der Waals surface area contributed by atoms with Crippen molar-refractivity contribution >= 4 is 29.5 Å². The van der Waals surface area contributed by atoms with Crippen molar-refractivity contribution in [3.05, 3.63) is 24.0 Å². The number of rotatable bonds is 5. The lowest BCUT2D eigenvalue weighted by atomic mass is 10.2. The van der Waals surface area contributed by atoms with Crippen LogP contribution in [0.25, 0.3) is 0 Å². The Morgan fingerprint density at radius 1 is 1.42 bits per heavy atom. The van der Waals surface area contributed by atoms with Crippen LogP contribution in [-0.4, -0.2) is 38.0 Å². The third kappa shape index (κ3) is 4.13. The lowest BCUT2D eigenvalue weighted by molar-refractivity contribution is -0.138. The first-order chi connectivity index (χ1) is 8.74. The number of carboxylic acid groups (broad SMARTS) is 1. The summed E-state index contributed by atoms with van der Waals surface area (Å²) in [7, 11) is 1.70. The highest BCUT2D eigenvalue weighted by Gasteiger charge is 2.28. The lowest BCUT2D eigenvalue weighted by Crippen LogP contribution is -2.35. The van der Waals surface area contributed by atoms with Crippen molar-refractivity contribution in [1.82, 2.24) is 9.88 Å². The molecule has 0 saturated carbocycles. The molecule has 2 N–H and O–H groups in total. The Kier molecular flexibility index (Phi) is 4.77. The van der Waals surface area contributed by atoms with Crippen LogP contribution in [0.1, 0.15) is 24.3 Å². The number of carbonyl (C=O) groups excluding carboxylic acids is 2. The second kappa shape index (κ2) is 5.92. The average molecular weight is 284 g/mol. The molecule has 0 fully saturated rings. The lowest BCUT2D eigenvalue weighted by Gasteiger charge is -2.17. The summed E-state index contributed by atoms with van der Waals surface area (Å²) in [4.78, 5) is 34.2. The molecule has 0 aromatic carbocycles. The highest BCUT2D eigenvalue weighted by atomic mass is 32.2. The van der Waals surface area contributed by atoms with E-state index in [1.807, 2.05) is 0 Å². The van der Waals surface area contributed by atoms with Gasteiger partial charge in [0.15, 0.2) is 0 Å². The predicted molar refractivity (Wildman–Crippen MR) is 72.1 cm³/mol. The number of hydrogen-bond acceptors (Lipinski definition) is 4. The van der Waals surface area contributed by atoms with E-state index in [9.17, 15) is 14.4 Å². The Bertz CT molecular complexity index is 508. The number of imide groups is 1. The fourth-order valence-electron chi connectivity index (χ4n) is 1.23. The second-order valence-electron chi connectivity index (χ2n) is 4.49. The van der Waals surface area contributed by atoms with Gasteiger partial charge in [-0.2, -0.15) is 0 Å². The largest absolute Gasteiger partial charge is 0.480 e. The van der Waals surface area contributed by atoms with Gasteiger partial charge in [0, 0.05) is 13.2 Å². The highest BCUT2D eigenvalue weighted by Crippen LogP contribution is 2.23. The zero-order valence-corrected chi connectivity index (χ0v) is 11.8. The summed E-state index contributed by atoms with van der Waals surface area (Å²) in [6, 6.07) is 3.29. The van der Waals surface area contributed by atoms with Gasteiger partial charge in [-0.15, -0.1) is 11.8 Å². The minimum Gasteiger partial charge on any atom is -0.480 e. The molecular weight excluding hydrogens is 268 g/mol. The van der Waals surface area contributed by atoms with Crippen LogP contribution in [0.15, 0.2) is 18.3 Å². The maximum absolute atomic E-state index is 11.7. The fourth-order valence-corrected chi connectivity index (χ4v) is 1.92. The molecule has 1 heterocycles. The Morgan fingerprint density at radius 3 is 2.53 bits per heavy atom. The van der Waals surface area contributed by atoms with Crippen LogP contribution in [0.4, 0.5) is 0 Å². The van der Waals surface area contributed by atoms with Crippen molar-refractivity contribution in [2.24, 2.45) is 7.05 Å². The quantitative estimate of drug-likeness (QED) is 0.838. The molecule has 0 atom stereocenters. The average Bonchev–Trinajstić information content (AvgIpc) is 2.73. The van der Waals surface area contributed by atoms with Crippen molar-refractivity contribution in [2.75, 3.05) is 5.75 Å². The van der Waals surface area contributed by atoms with Gasteiger partial charge in [-0.3, -0.25) is 19.7 Å². The molecule has 1 rings (SSSR count). The van der Waals surface area contributed by atoms with Gasteiger partial charge in [0.25, 0.3) is 5.91 Å². The van der Waals surface area contributed by atoms with Crippen molar-refractivity contribution in [3.63, 3.8) is 0 Å². The normalized spacial score (nSPS) is 11.1. The van der Waals surface area contributed by atoms with Crippen LogP contribution in [0.5, 0.6) is 0 Å². The van der Waals surface area contributed by atoms with E-state index in [2.05, 4.69) is 5.32 Å². The van der Waals surface area contributed by atoms with E-state index in [0.29, 0.717) is 5.69 Å². The summed E-state index contributed by atoms with van der Waals surface area (Å²) in [5.41, 5.74) is 0.371. The van der Waals surface area contributed by atoms with Crippen molar-refractivity contribution in [1.29, 1.82) is 0 Å². The monoisotopic (exact) mass is 284 g/mol. The fraction of sp³-hybridized carbons (Fsp3) is 0.417. The molecule has 0 aliphatic rings. The van der Waals surface area contributed by atoms with E-state index < -0.39 is 22.5 Å².